The van der Waals surface area contributed by atoms with Crippen molar-refractivity contribution in [3.05, 3.63) is 12.4 Å². The molecule has 3 amide bonds. The maximum atomic E-state index is 11.3. The van der Waals surface area contributed by atoms with Crippen LogP contribution in [0.2, 0.25) is 0 Å². The van der Waals surface area contributed by atoms with E-state index in [1.165, 1.54) is 11.8 Å². The molecule has 0 aliphatic heterocycles. The third-order valence-corrected chi connectivity index (χ3v) is 2.76. The van der Waals surface area contributed by atoms with Crippen LogP contribution < -0.4 is 10.6 Å². The average Bonchev–Trinajstić information content (AvgIpc) is 2.61. The van der Waals surface area contributed by atoms with Crippen LogP contribution in [0.5, 0.6) is 0 Å². The van der Waals surface area contributed by atoms with Crippen molar-refractivity contribution < 1.29 is 9.59 Å². The fraction of sp³-hybridized carbons (Fsp3) is 0.444. The largest absolute Gasteiger partial charge is 0.338 e. The molecule has 7 heteroatoms. The van der Waals surface area contributed by atoms with Crippen LogP contribution in [0, 0.1) is 0 Å². The normalized spacial score (nSPS) is 9.88. The standard InChI is InChI=1S/C9H14N4O2S/c1-3-10-8(15)12-7(14)6-16-9-11-4-5-13(9)2/h4-5H,3,6H2,1-2H3,(H2,10,12,14,15). The Morgan fingerprint density at radius 3 is 2.88 bits per heavy atom. The minimum Gasteiger partial charge on any atom is -0.338 e. The summed E-state index contributed by atoms with van der Waals surface area (Å²) in [6.45, 7) is 2.28. The summed E-state index contributed by atoms with van der Waals surface area (Å²) in [7, 11) is 1.84. The highest BCUT2D eigenvalue weighted by Gasteiger charge is 2.08. The first-order valence-corrected chi connectivity index (χ1v) is 5.80. The monoisotopic (exact) mass is 242 g/mol. The van der Waals surface area contributed by atoms with Gasteiger partial charge >= 0.3 is 6.03 Å². The summed E-state index contributed by atoms with van der Waals surface area (Å²) in [5.74, 6) is -0.166. The van der Waals surface area contributed by atoms with Crippen molar-refractivity contribution in [3.8, 4) is 0 Å². The summed E-state index contributed by atoms with van der Waals surface area (Å²) in [5, 5.41) is 5.44. The van der Waals surface area contributed by atoms with E-state index in [1.807, 2.05) is 11.6 Å². The van der Waals surface area contributed by atoms with Gasteiger partial charge in [-0.3, -0.25) is 10.1 Å². The maximum Gasteiger partial charge on any atom is 0.321 e. The van der Waals surface area contributed by atoms with Gasteiger partial charge in [-0.05, 0) is 6.92 Å². The molecule has 0 saturated heterocycles. The molecule has 0 aromatic carbocycles. The molecule has 0 saturated carbocycles. The van der Waals surface area contributed by atoms with Gasteiger partial charge in [0, 0.05) is 26.0 Å². The molecule has 2 N–H and O–H groups in total. The molecule has 1 aromatic heterocycles. The zero-order chi connectivity index (χ0) is 12.0. The second-order valence-electron chi connectivity index (χ2n) is 3.02. The van der Waals surface area contributed by atoms with Gasteiger partial charge in [-0.15, -0.1) is 0 Å². The zero-order valence-corrected chi connectivity index (χ0v) is 10.0. The van der Waals surface area contributed by atoms with E-state index in [0.717, 1.165) is 5.16 Å². The molecule has 1 rings (SSSR count). The second kappa shape index (κ2) is 6.16. The van der Waals surface area contributed by atoms with Crippen molar-refractivity contribution in [2.45, 2.75) is 12.1 Å². The van der Waals surface area contributed by atoms with Crippen molar-refractivity contribution in [1.82, 2.24) is 20.2 Å². The van der Waals surface area contributed by atoms with E-state index in [1.54, 1.807) is 19.3 Å². The van der Waals surface area contributed by atoms with Crippen LogP contribution in [0.4, 0.5) is 4.79 Å². The van der Waals surface area contributed by atoms with E-state index < -0.39 is 6.03 Å². The molecule has 0 atom stereocenters. The molecule has 1 aromatic rings. The highest BCUT2D eigenvalue weighted by Crippen LogP contribution is 2.13. The summed E-state index contributed by atoms with van der Waals surface area (Å²) in [6, 6.07) is -0.465. The number of amides is 3. The predicted molar refractivity (Wildman–Crippen MR) is 61.1 cm³/mol. The SMILES string of the molecule is CCNC(=O)NC(=O)CSc1nccn1C. The first-order valence-electron chi connectivity index (χ1n) is 4.81. The number of nitrogens with zero attached hydrogens (tertiary/aromatic N) is 2. The molecule has 0 spiro atoms. The van der Waals surface area contributed by atoms with Gasteiger partial charge < -0.3 is 9.88 Å². The molecule has 0 unspecified atom stereocenters. The minimum absolute atomic E-state index is 0.169. The van der Waals surface area contributed by atoms with Gasteiger partial charge in [-0.2, -0.15) is 0 Å². The van der Waals surface area contributed by atoms with Crippen molar-refractivity contribution in [3.63, 3.8) is 0 Å². The number of nitrogens with one attached hydrogen (secondary N) is 2. The molecule has 0 bridgehead atoms. The van der Waals surface area contributed by atoms with E-state index >= 15 is 0 Å². The highest BCUT2D eigenvalue weighted by atomic mass is 32.2. The molecule has 6 nitrogen and oxygen atoms in total. The molecular weight excluding hydrogens is 228 g/mol. The van der Waals surface area contributed by atoms with Crippen LogP contribution in [-0.2, 0) is 11.8 Å². The smallest absolute Gasteiger partial charge is 0.321 e. The van der Waals surface area contributed by atoms with Crippen molar-refractivity contribution in [2.24, 2.45) is 7.05 Å². The molecule has 1 heterocycles. The Morgan fingerprint density at radius 2 is 2.31 bits per heavy atom. The number of imidazole rings is 1. The van der Waals surface area contributed by atoms with E-state index in [2.05, 4.69) is 15.6 Å². The van der Waals surface area contributed by atoms with E-state index in [9.17, 15) is 9.59 Å². The van der Waals surface area contributed by atoms with Gasteiger partial charge in [-0.25, -0.2) is 9.78 Å². The molecule has 0 aliphatic rings. The first kappa shape index (κ1) is 12.6. The lowest BCUT2D eigenvalue weighted by atomic mass is 10.6. The summed E-state index contributed by atoms with van der Waals surface area (Å²) in [6.07, 6.45) is 3.45. The Morgan fingerprint density at radius 1 is 1.56 bits per heavy atom. The quantitative estimate of drug-likeness (QED) is 0.747. The van der Waals surface area contributed by atoms with E-state index in [4.69, 9.17) is 0 Å². The fourth-order valence-corrected chi connectivity index (χ4v) is 1.72. The number of hydrogen-bond acceptors (Lipinski definition) is 4. The Labute approximate surface area is 97.8 Å². The molecular formula is C9H14N4O2S. The number of aryl methyl sites for hydroxylation is 1. The lowest BCUT2D eigenvalue weighted by Crippen LogP contribution is -2.40. The predicted octanol–water partition coefficient (Wildman–Crippen LogP) is 0.358. The van der Waals surface area contributed by atoms with E-state index in [-0.39, 0.29) is 11.7 Å². The summed E-state index contributed by atoms with van der Waals surface area (Å²) >= 11 is 1.28. The molecule has 0 aliphatic carbocycles. The summed E-state index contributed by atoms with van der Waals surface area (Å²) in [4.78, 5) is 26.4. The van der Waals surface area contributed by atoms with E-state index in [0.29, 0.717) is 6.54 Å². The van der Waals surface area contributed by atoms with Crippen molar-refractivity contribution >= 4 is 23.7 Å². The number of thioether (sulfide) groups is 1. The lowest BCUT2D eigenvalue weighted by Gasteiger charge is -2.04. The van der Waals surface area contributed by atoms with Crippen molar-refractivity contribution in [2.75, 3.05) is 12.3 Å². The molecule has 88 valence electrons. The molecule has 0 fully saturated rings. The fourth-order valence-electron chi connectivity index (χ4n) is 0.989. The summed E-state index contributed by atoms with van der Waals surface area (Å²) < 4.78 is 1.81. The Bertz CT molecular complexity index is 377. The third-order valence-electron chi connectivity index (χ3n) is 1.70. The second-order valence-corrected chi connectivity index (χ2v) is 3.96. The van der Waals surface area contributed by atoms with Gasteiger partial charge in [-0.1, -0.05) is 11.8 Å². The number of urea groups is 1. The lowest BCUT2D eigenvalue weighted by molar-refractivity contribution is -0.117. The van der Waals surface area contributed by atoms with Crippen LogP contribution in [0.1, 0.15) is 6.92 Å². The maximum absolute atomic E-state index is 11.3. The topological polar surface area (TPSA) is 76.0 Å². The summed E-state index contributed by atoms with van der Waals surface area (Å²) in [5.41, 5.74) is 0. The number of carbonyl (C=O) groups excluding carboxylic acids is 2. The van der Waals surface area contributed by atoms with Crippen LogP contribution in [0.3, 0.4) is 0 Å². The van der Waals surface area contributed by atoms with Gasteiger partial charge in [0.25, 0.3) is 0 Å². The van der Waals surface area contributed by atoms with Crippen LogP contribution >= 0.6 is 11.8 Å². The average molecular weight is 242 g/mol. The van der Waals surface area contributed by atoms with Gasteiger partial charge in [0.15, 0.2) is 5.16 Å². The minimum atomic E-state index is -0.465. The number of rotatable bonds is 4. The number of carbonyl (C=O) groups is 2. The first-order chi connectivity index (χ1) is 7.63. The van der Waals surface area contributed by atoms with Crippen LogP contribution in [-0.4, -0.2) is 33.8 Å². The number of hydrogen-bond donors (Lipinski definition) is 2. The molecule has 16 heavy (non-hydrogen) atoms. The number of imide groups is 1. The van der Waals surface area contributed by atoms with Crippen LogP contribution in [0.15, 0.2) is 17.6 Å². The van der Waals surface area contributed by atoms with Gasteiger partial charge in [0.1, 0.15) is 0 Å². The van der Waals surface area contributed by atoms with Gasteiger partial charge in [0.05, 0.1) is 5.75 Å². The van der Waals surface area contributed by atoms with Gasteiger partial charge in [0.2, 0.25) is 5.91 Å². The third kappa shape index (κ3) is 3.93. The van der Waals surface area contributed by atoms with Crippen molar-refractivity contribution in [1.29, 1.82) is 0 Å². The molecule has 0 radical (unpaired) electrons. The number of aromatic nitrogens is 2. The highest BCUT2D eigenvalue weighted by molar-refractivity contribution is 7.99. The zero-order valence-electron chi connectivity index (χ0n) is 9.19. The Hall–Kier alpha value is -1.50. The van der Waals surface area contributed by atoms with Crippen LogP contribution in [0.25, 0.3) is 0 Å². The Kier molecular flexibility index (Phi) is 4.84. The Balaban J connectivity index is 2.31.